The highest BCUT2D eigenvalue weighted by Crippen LogP contribution is 2.35. The molecule has 1 aliphatic heterocycles. The molecule has 0 saturated heterocycles. The Bertz CT molecular complexity index is 900. The molecule has 0 bridgehead atoms. The standard InChI is InChI=1S/C19H19ClN2O5/c1-3-26-17-7-12-6-11(2)27-18(12)8-13(17)10-21-19(23)15-9-14(20)4-5-16(15)22(24)25/h4-5,7-9,11H,3,6,10H2,1-2H3,(H,21,23). The van der Waals surface area contributed by atoms with Gasteiger partial charge in [-0.05, 0) is 38.1 Å². The van der Waals surface area contributed by atoms with Crippen molar-refractivity contribution in [3.05, 3.63) is 62.2 Å². The molecule has 0 spiro atoms. The number of carbonyl (C=O) groups is 1. The third-order valence-corrected chi connectivity index (χ3v) is 4.45. The van der Waals surface area contributed by atoms with Crippen LogP contribution >= 0.6 is 11.6 Å². The Hall–Kier alpha value is -2.80. The van der Waals surface area contributed by atoms with Crippen molar-refractivity contribution in [2.24, 2.45) is 0 Å². The van der Waals surface area contributed by atoms with Gasteiger partial charge >= 0.3 is 0 Å². The highest BCUT2D eigenvalue weighted by atomic mass is 35.5. The maximum atomic E-state index is 12.5. The predicted molar refractivity (Wildman–Crippen MR) is 101 cm³/mol. The van der Waals surface area contributed by atoms with Crippen molar-refractivity contribution in [2.45, 2.75) is 32.9 Å². The van der Waals surface area contributed by atoms with Gasteiger partial charge in [-0.25, -0.2) is 0 Å². The molecule has 0 radical (unpaired) electrons. The lowest BCUT2D eigenvalue weighted by Gasteiger charge is -2.13. The molecule has 8 heteroatoms. The summed E-state index contributed by atoms with van der Waals surface area (Å²) >= 11 is 5.89. The summed E-state index contributed by atoms with van der Waals surface area (Å²) in [5.74, 6) is 0.847. The molecular weight excluding hydrogens is 372 g/mol. The zero-order chi connectivity index (χ0) is 19.6. The average molecular weight is 391 g/mol. The van der Waals surface area contributed by atoms with Crippen LogP contribution in [0.25, 0.3) is 0 Å². The number of halogens is 1. The first-order chi connectivity index (χ1) is 12.9. The number of hydrogen-bond donors (Lipinski definition) is 1. The fourth-order valence-corrected chi connectivity index (χ4v) is 3.20. The number of benzene rings is 2. The molecule has 1 atom stereocenters. The third kappa shape index (κ3) is 4.14. The Labute approximate surface area is 161 Å². The summed E-state index contributed by atoms with van der Waals surface area (Å²) in [4.78, 5) is 23.1. The minimum atomic E-state index is -0.610. The fraction of sp³-hybridized carbons (Fsp3) is 0.316. The van der Waals surface area contributed by atoms with Crippen molar-refractivity contribution < 1.29 is 19.2 Å². The number of nitrogens with zero attached hydrogens (tertiary/aromatic N) is 1. The average Bonchev–Trinajstić information content (AvgIpc) is 2.98. The van der Waals surface area contributed by atoms with Crippen LogP contribution in [-0.2, 0) is 13.0 Å². The Kier molecular flexibility index (Phi) is 5.51. The Morgan fingerprint density at radius 2 is 2.19 bits per heavy atom. The zero-order valence-electron chi connectivity index (χ0n) is 15.0. The van der Waals surface area contributed by atoms with Crippen LogP contribution in [0.2, 0.25) is 5.02 Å². The molecule has 142 valence electrons. The number of carbonyl (C=O) groups excluding carboxylic acids is 1. The van der Waals surface area contributed by atoms with Crippen LogP contribution in [-0.4, -0.2) is 23.5 Å². The van der Waals surface area contributed by atoms with Gasteiger partial charge in [0.15, 0.2) is 0 Å². The summed E-state index contributed by atoms with van der Waals surface area (Å²) in [7, 11) is 0. The van der Waals surface area contributed by atoms with Crippen molar-refractivity contribution in [3.63, 3.8) is 0 Å². The van der Waals surface area contributed by atoms with Gasteiger partial charge in [-0.1, -0.05) is 11.6 Å². The second-order valence-corrected chi connectivity index (χ2v) is 6.67. The van der Waals surface area contributed by atoms with E-state index in [1.807, 2.05) is 26.0 Å². The molecule has 3 rings (SSSR count). The molecule has 0 fully saturated rings. The molecule has 1 amide bonds. The van der Waals surface area contributed by atoms with E-state index in [0.29, 0.717) is 12.4 Å². The van der Waals surface area contributed by atoms with E-state index in [1.54, 1.807) is 0 Å². The SMILES string of the molecule is CCOc1cc2c(cc1CNC(=O)c1cc(Cl)ccc1[N+](=O)[O-])OC(C)C2. The van der Waals surface area contributed by atoms with Gasteiger partial charge in [0.1, 0.15) is 23.2 Å². The van der Waals surface area contributed by atoms with Crippen molar-refractivity contribution in [1.82, 2.24) is 5.32 Å². The van der Waals surface area contributed by atoms with Crippen LogP contribution in [0.15, 0.2) is 30.3 Å². The van der Waals surface area contributed by atoms with Crippen LogP contribution < -0.4 is 14.8 Å². The largest absolute Gasteiger partial charge is 0.494 e. The van der Waals surface area contributed by atoms with Crippen LogP contribution in [0.5, 0.6) is 11.5 Å². The first kappa shape index (κ1) is 19.0. The highest BCUT2D eigenvalue weighted by Gasteiger charge is 2.23. The topological polar surface area (TPSA) is 90.7 Å². The van der Waals surface area contributed by atoms with Crippen molar-refractivity contribution >= 4 is 23.2 Å². The monoisotopic (exact) mass is 390 g/mol. The van der Waals surface area contributed by atoms with Gasteiger partial charge in [-0.3, -0.25) is 14.9 Å². The smallest absolute Gasteiger partial charge is 0.282 e. The Morgan fingerprint density at radius 1 is 1.41 bits per heavy atom. The lowest BCUT2D eigenvalue weighted by Crippen LogP contribution is -2.24. The molecule has 1 unspecified atom stereocenters. The van der Waals surface area contributed by atoms with E-state index in [1.165, 1.54) is 18.2 Å². The van der Waals surface area contributed by atoms with Gasteiger partial charge in [-0.2, -0.15) is 0 Å². The number of fused-ring (bicyclic) bond motifs is 1. The number of nitro groups is 1. The van der Waals surface area contributed by atoms with Gasteiger partial charge in [-0.15, -0.1) is 0 Å². The molecule has 0 aromatic heterocycles. The molecular formula is C19H19ClN2O5. The van der Waals surface area contributed by atoms with E-state index in [2.05, 4.69) is 5.32 Å². The van der Waals surface area contributed by atoms with Crippen LogP contribution in [0.4, 0.5) is 5.69 Å². The van der Waals surface area contributed by atoms with Gasteiger partial charge in [0.2, 0.25) is 0 Å². The molecule has 27 heavy (non-hydrogen) atoms. The lowest BCUT2D eigenvalue weighted by atomic mass is 10.1. The van der Waals surface area contributed by atoms with E-state index < -0.39 is 10.8 Å². The van der Waals surface area contributed by atoms with Gasteiger partial charge < -0.3 is 14.8 Å². The van der Waals surface area contributed by atoms with E-state index in [0.717, 1.165) is 23.3 Å². The van der Waals surface area contributed by atoms with Gasteiger partial charge in [0.05, 0.1) is 11.5 Å². The van der Waals surface area contributed by atoms with E-state index in [-0.39, 0.29) is 28.9 Å². The minimum absolute atomic E-state index is 0.0866. The van der Waals surface area contributed by atoms with E-state index in [4.69, 9.17) is 21.1 Å². The normalized spacial score (nSPS) is 15.0. The van der Waals surface area contributed by atoms with Crippen LogP contribution in [0.3, 0.4) is 0 Å². The summed E-state index contributed by atoms with van der Waals surface area (Å²) in [5.41, 5.74) is 1.42. The predicted octanol–water partition coefficient (Wildman–Crippen LogP) is 3.90. The zero-order valence-corrected chi connectivity index (χ0v) is 15.7. The van der Waals surface area contributed by atoms with Gasteiger partial charge in [0, 0.05) is 35.2 Å². The maximum Gasteiger partial charge on any atom is 0.282 e. The summed E-state index contributed by atoms with van der Waals surface area (Å²) in [6.45, 7) is 4.49. The number of ether oxygens (including phenoxy) is 2. The molecule has 7 nitrogen and oxygen atoms in total. The third-order valence-electron chi connectivity index (χ3n) is 4.22. The number of hydrogen-bond acceptors (Lipinski definition) is 5. The van der Waals surface area contributed by atoms with Crippen molar-refractivity contribution in [3.8, 4) is 11.5 Å². The molecule has 0 aliphatic carbocycles. The number of nitro benzene ring substituents is 1. The molecule has 0 saturated carbocycles. The maximum absolute atomic E-state index is 12.5. The van der Waals surface area contributed by atoms with Crippen molar-refractivity contribution in [2.75, 3.05) is 6.61 Å². The minimum Gasteiger partial charge on any atom is -0.494 e. The molecule has 2 aromatic carbocycles. The number of amides is 1. The molecule has 1 N–H and O–H groups in total. The summed E-state index contributed by atoms with van der Waals surface area (Å²) in [6.07, 6.45) is 0.893. The molecule has 2 aromatic rings. The van der Waals surface area contributed by atoms with Gasteiger partial charge in [0.25, 0.3) is 11.6 Å². The summed E-state index contributed by atoms with van der Waals surface area (Å²) < 4.78 is 11.4. The Balaban J connectivity index is 1.83. The summed E-state index contributed by atoms with van der Waals surface area (Å²) in [6, 6.07) is 7.64. The fourth-order valence-electron chi connectivity index (χ4n) is 3.03. The lowest BCUT2D eigenvalue weighted by molar-refractivity contribution is -0.385. The summed E-state index contributed by atoms with van der Waals surface area (Å²) in [5, 5.41) is 14.1. The second-order valence-electron chi connectivity index (χ2n) is 6.23. The first-order valence-corrected chi connectivity index (χ1v) is 8.94. The van der Waals surface area contributed by atoms with Crippen molar-refractivity contribution in [1.29, 1.82) is 0 Å². The van der Waals surface area contributed by atoms with E-state index in [9.17, 15) is 14.9 Å². The first-order valence-electron chi connectivity index (χ1n) is 8.56. The van der Waals surface area contributed by atoms with E-state index >= 15 is 0 Å². The second kappa shape index (κ2) is 7.84. The Morgan fingerprint density at radius 3 is 2.89 bits per heavy atom. The molecule has 1 aliphatic rings. The van der Waals surface area contributed by atoms with Crippen LogP contribution in [0.1, 0.15) is 35.3 Å². The highest BCUT2D eigenvalue weighted by molar-refractivity contribution is 6.31. The van der Waals surface area contributed by atoms with Crippen LogP contribution in [0, 0.1) is 10.1 Å². The quantitative estimate of drug-likeness (QED) is 0.596. The number of rotatable bonds is 6. The number of nitrogens with one attached hydrogen (secondary N) is 1. The molecule has 1 heterocycles.